The van der Waals surface area contributed by atoms with Gasteiger partial charge in [-0.25, -0.2) is 4.98 Å². The molecule has 2 aromatic rings. The van der Waals surface area contributed by atoms with Gasteiger partial charge in [0.15, 0.2) is 0 Å². The van der Waals surface area contributed by atoms with Gasteiger partial charge in [-0.15, -0.1) is 0 Å². The lowest BCUT2D eigenvalue weighted by atomic mass is 9.88. The number of halogens is 1. The van der Waals surface area contributed by atoms with Gasteiger partial charge in [-0.2, -0.15) is 0 Å². The van der Waals surface area contributed by atoms with Crippen LogP contribution in [0.3, 0.4) is 0 Å². The molecule has 0 radical (unpaired) electrons. The Labute approximate surface area is 146 Å². The molecule has 2 heterocycles. The second-order valence-corrected chi connectivity index (χ2v) is 6.51. The van der Waals surface area contributed by atoms with E-state index in [2.05, 4.69) is 9.97 Å². The fraction of sp³-hybridized carbons (Fsp3) is 0.333. The van der Waals surface area contributed by atoms with Gasteiger partial charge >= 0.3 is 0 Å². The van der Waals surface area contributed by atoms with Crippen molar-refractivity contribution in [1.29, 1.82) is 0 Å². The number of carbonyl (C=O) groups is 1. The maximum absolute atomic E-state index is 12.3. The predicted molar refractivity (Wildman–Crippen MR) is 93.5 cm³/mol. The van der Waals surface area contributed by atoms with E-state index in [-0.39, 0.29) is 17.9 Å². The van der Waals surface area contributed by atoms with E-state index in [1.54, 1.807) is 29.6 Å². The van der Waals surface area contributed by atoms with E-state index in [4.69, 9.17) is 11.6 Å². The Morgan fingerprint density at radius 2 is 2.21 bits per heavy atom. The standard InChI is InChI=1S/C18H20ClN3O2/c19-15-3-1-13(2-4-15)9-14-11-22(8-7-17(14)23)18(24)6-5-16-10-20-12-21-16/h1-6,10,12,14,17,23H,7-9,11H2,(H,20,21)/t14-,17-/m1/s1. The molecule has 5 nitrogen and oxygen atoms in total. The van der Waals surface area contributed by atoms with Crippen molar-refractivity contribution in [2.75, 3.05) is 13.1 Å². The zero-order chi connectivity index (χ0) is 16.9. The van der Waals surface area contributed by atoms with Crippen molar-refractivity contribution in [2.24, 2.45) is 5.92 Å². The number of aromatic nitrogens is 2. The molecule has 2 N–H and O–H groups in total. The molecule has 0 unspecified atom stereocenters. The minimum Gasteiger partial charge on any atom is -0.393 e. The molecule has 0 spiro atoms. The summed E-state index contributed by atoms with van der Waals surface area (Å²) in [5, 5.41) is 11.0. The second-order valence-electron chi connectivity index (χ2n) is 6.07. The van der Waals surface area contributed by atoms with Crippen LogP contribution in [-0.2, 0) is 11.2 Å². The van der Waals surface area contributed by atoms with Gasteiger partial charge in [-0.1, -0.05) is 23.7 Å². The zero-order valence-corrected chi connectivity index (χ0v) is 14.0. The third-order valence-electron chi connectivity index (χ3n) is 4.34. The summed E-state index contributed by atoms with van der Waals surface area (Å²) in [6.07, 6.45) is 7.44. The van der Waals surface area contributed by atoms with Gasteiger partial charge in [-0.05, 0) is 36.6 Å². The van der Waals surface area contributed by atoms with Gasteiger partial charge in [0, 0.05) is 30.1 Å². The van der Waals surface area contributed by atoms with E-state index in [1.165, 1.54) is 0 Å². The maximum atomic E-state index is 12.3. The predicted octanol–water partition coefficient (Wildman–Crippen LogP) is 2.53. The highest BCUT2D eigenvalue weighted by atomic mass is 35.5. The Morgan fingerprint density at radius 3 is 2.92 bits per heavy atom. The molecule has 0 bridgehead atoms. The number of carbonyl (C=O) groups excluding carboxylic acids is 1. The minimum atomic E-state index is -0.388. The normalized spacial score (nSPS) is 21.3. The summed E-state index contributed by atoms with van der Waals surface area (Å²) in [7, 11) is 0. The summed E-state index contributed by atoms with van der Waals surface area (Å²) in [5.41, 5.74) is 1.91. The van der Waals surface area contributed by atoms with E-state index < -0.39 is 0 Å². The van der Waals surface area contributed by atoms with E-state index in [1.807, 2.05) is 24.3 Å². The van der Waals surface area contributed by atoms with Crippen LogP contribution in [0, 0.1) is 5.92 Å². The highest BCUT2D eigenvalue weighted by Crippen LogP contribution is 2.22. The minimum absolute atomic E-state index is 0.0319. The van der Waals surface area contributed by atoms with Gasteiger partial charge in [0.1, 0.15) is 0 Å². The summed E-state index contributed by atoms with van der Waals surface area (Å²) in [4.78, 5) is 21.0. The van der Waals surface area contributed by atoms with Crippen LogP contribution in [0.4, 0.5) is 0 Å². The molecule has 1 aliphatic rings. The number of piperidine rings is 1. The quantitative estimate of drug-likeness (QED) is 0.837. The first kappa shape index (κ1) is 16.7. The van der Waals surface area contributed by atoms with Crippen LogP contribution in [0.5, 0.6) is 0 Å². The van der Waals surface area contributed by atoms with Crippen molar-refractivity contribution in [3.63, 3.8) is 0 Å². The molecule has 24 heavy (non-hydrogen) atoms. The van der Waals surface area contributed by atoms with Crippen molar-refractivity contribution in [1.82, 2.24) is 14.9 Å². The third kappa shape index (κ3) is 4.24. The first-order valence-electron chi connectivity index (χ1n) is 7.99. The number of benzene rings is 1. The van der Waals surface area contributed by atoms with Gasteiger partial charge in [-0.3, -0.25) is 4.79 Å². The number of amides is 1. The highest BCUT2D eigenvalue weighted by molar-refractivity contribution is 6.30. The zero-order valence-electron chi connectivity index (χ0n) is 13.2. The van der Waals surface area contributed by atoms with Gasteiger partial charge in [0.2, 0.25) is 5.91 Å². The number of rotatable bonds is 4. The van der Waals surface area contributed by atoms with Crippen molar-refractivity contribution >= 4 is 23.6 Å². The number of H-pyrrole nitrogens is 1. The second kappa shape index (κ2) is 7.64. The number of imidazole rings is 1. The SMILES string of the molecule is O=C(C=Cc1cnc[nH]1)N1CC[C@@H](O)[C@H](Cc2ccc(Cl)cc2)C1. The smallest absolute Gasteiger partial charge is 0.246 e. The average molecular weight is 346 g/mol. The van der Waals surface area contributed by atoms with Crippen LogP contribution in [0.25, 0.3) is 6.08 Å². The molecule has 3 rings (SSSR count). The van der Waals surface area contributed by atoms with Gasteiger partial charge < -0.3 is 15.0 Å². The Kier molecular flexibility index (Phi) is 5.33. The van der Waals surface area contributed by atoms with E-state index >= 15 is 0 Å². The Bertz CT molecular complexity index is 698. The average Bonchev–Trinajstić information content (AvgIpc) is 3.10. The number of hydrogen-bond donors (Lipinski definition) is 2. The molecule has 6 heteroatoms. The van der Waals surface area contributed by atoms with E-state index in [0.29, 0.717) is 24.5 Å². The number of nitrogens with one attached hydrogen (secondary N) is 1. The van der Waals surface area contributed by atoms with Gasteiger partial charge in [0.25, 0.3) is 0 Å². The molecular formula is C18H20ClN3O2. The lowest BCUT2D eigenvalue weighted by Crippen LogP contribution is -2.46. The number of nitrogens with zero attached hydrogens (tertiary/aromatic N) is 2. The van der Waals surface area contributed by atoms with Crippen LogP contribution in [0.15, 0.2) is 42.9 Å². The van der Waals surface area contributed by atoms with Crippen LogP contribution in [0.2, 0.25) is 5.02 Å². The summed E-state index contributed by atoms with van der Waals surface area (Å²) in [6.45, 7) is 1.13. The Hall–Kier alpha value is -2.11. The summed E-state index contributed by atoms with van der Waals surface area (Å²) in [5.74, 6) is -0.0120. The molecule has 1 amide bonds. The van der Waals surface area contributed by atoms with Crippen LogP contribution in [0.1, 0.15) is 17.7 Å². The highest BCUT2D eigenvalue weighted by Gasteiger charge is 2.29. The monoisotopic (exact) mass is 345 g/mol. The molecule has 1 aromatic carbocycles. The molecular weight excluding hydrogens is 326 g/mol. The number of aliphatic hydroxyl groups is 1. The molecule has 1 fully saturated rings. The lowest BCUT2D eigenvalue weighted by Gasteiger charge is -2.36. The van der Waals surface area contributed by atoms with Crippen molar-refractivity contribution in [3.05, 3.63) is 59.1 Å². The van der Waals surface area contributed by atoms with E-state index in [9.17, 15) is 9.90 Å². The van der Waals surface area contributed by atoms with Crippen molar-refractivity contribution in [3.8, 4) is 0 Å². The van der Waals surface area contributed by atoms with Crippen LogP contribution < -0.4 is 0 Å². The Morgan fingerprint density at radius 1 is 1.42 bits per heavy atom. The van der Waals surface area contributed by atoms with Gasteiger partial charge in [0.05, 0.1) is 24.3 Å². The first-order valence-corrected chi connectivity index (χ1v) is 8.37. The summed E-state index contributed by atoms with van der Waals surface area (Å²) < 4.78 is 0. The molecule has 0 saturated carbocycles. The lowest BCUT2D eigenvalue weighted by molar-refractivity contribution is -0.129. The van der Waals surface area contributed by atoms with Crippen LogP contribution >= 0.6 is 11.6 Å². The fourth-order valence-corrected chi connectivity index (χ4v) is 3.09. The summed E-state index contributed by atoms with van der Waals surface area (Å²) in [6, 6.07) is 7.63. The number of aromatic amines is 1. The number of aliphatic hydroxyl groups excluding tert-OH is 1. The van der Waals surface area contributed by atoms with Crippen molar-refractivity contribution in [2.45, 2.75) is 18.9 Å². The number of likely N-dealkylation sites (tertiary alicyclic amines) is 1. The molecule has 126 valence electrons. The molecule has 2 atom stereocenters. The topological polar surface area (TPSA) is 69.2 Å². The number of hydrogen-bond acceptors (Lipinski definition) is 3. The largest absolute Gasteiger partial charge is 0.393 e. The summed E-state index contributed by atoms with van der Waals surface area (Å²) >= 11 is 5.91. The molecule has 1 aliphatic heterocycles. The fourth-order valence-electron chi connectivity index (χ4n) is 2.97. The van der Waals surface area contributed by atoms with E-state index in [0.717, 1.165) is 17.7 Å². The third-order valence-corrected chi connectivity index (χ3v) is 4.59. The van der Waals surface area contributed by atoms with Crippen LogP contribution in [-0.4, -0.2) is 45.1 Å². The first-order chi connectivity index (χ1) is 11.6. The molecule has 1 saturated heterocycles. The molecule has 0 aliphatic carbocycles. The maximum Gasteiger partial charge on any atom is 0.246 e. The van der Waals surface area contributed by atoms with Crippen molar-refractivity contribution < 1.29 is 9.90 Å². The Balaban J connectivity index is 1.62. The molecule has 1 aromatic heterocycles.